The predicted molar refractivity (Wildman–Crippen MR) is 114 cm³/mol. The van der Waals surface area contributed by atoms with Gasteiger partial charge in [-0.2, -0.15) is 0 Å². The number of hydrogen-bond donors (Lipinski definition) is 1. The van der Waals surface area contributed by atoms with Gasteiger partial charge in [-0.15, -0.1) is 0 Å². The van der Waals surface area contributed by atoms with Crippen molar-refractivity contribution in [1.29, 1.82) is 0 Å². The Balaban J connectivity index is 1.52. The van der Waals surface area contributed by atoms with Crippen LogP contribution < -0.4 is 14.8 Å². The van der Waals surface area contributed by atoms with Gasteiger partial charge in [0, 0.05) is 6.61 Å². The zero-order chi connectivity index (χ0) is 20.9. The van der Waals surface area contributed by atoms with Crippen LogP contribution in [0.3, 0.4) is 0 Å². The average molecular weight is 409 g/mol. The van der Waals surface area contributed by atoms with E-state index in [1.807, 2.05) is 55.5 Å². The molecule has 2 unspecified atom stereocenters. The number of ether oxygens (including phenoxy) is 3. The molecular weight excluding hydrogens is 382 g/mol. The molecule has 2 aromatic carbocycles. The van der Waals surface area contributed by atoms with Crippen LogP contribution in [0.4, 0.5) is 0 Å². The molecule has 2 heterocycles. The number of fused-ring (bicyclic) bond motifs is 1. The molecule has 7 heteroatoms. The third kappa shape index (κ3) is 4.26. The van der Waals surface area contributed by atoms with E-state index in [1.165, 1.54) is 0 Å². The second-order valence-electron chi connectivity index (χ2n) is 7.34. The summed E-state index contributed by atoms with van der Waals surface area (Å²) in [6, 6.07) is 15.3. The number of methoxy groups -OCH3 is 1. The Morgan fingerprint density at radius 3 is 2.77 bits per heavy atom. The summed E-state index contributed by atoms with van der Waals surface area (Å²) in [5.74, 6) is 2.12. The molecule has 1 saturated heterocycles. The number of aromatic nitrogens is 2. The van der Waals surface area contributed by atoms with E-state index in [0.717, 1.165) is 29.7 Å². The van der Waals surface area contributed by atoms with Gasteiger partial charge in [-0.05, 0) is 44.0 Å². The van der Waals surface area contributed by atoms with E-state index in [1.54, 1.807) is 7.11 Å². The van der Waals surface area contributed by atoms with Gasteiger partial charge in [0.15, 0.2) is 11.5 Å². The van der Waals surface area contributed by atoms with Gasteiger partial charge in [0.1, 0.15) is 18.5 Å². The number of hydrogen-bond acceptors (Lipinski definition) is 5. The highest BCUT2D eigenvalue weighted by atomic mass is 16.5. The fourth-order valence-corrected chi connectivity index (χ4v) is 3.80. The van der Waals surface area contributed by atoms with Crippen LogP contribution in [-0.4, -0.2) is 41.9 Å². The highest BCUT2D eigenvalue weighted by Crippen LogP contribution is 2.26. The second-order valence-corrected chi connectivity index (χ2v) is 7.34. The number of carbonyl (C=O) groups is 1. The molecule has 1 aliphatic rings. The zero-order valence-corrected chi connectivity index (χ0v) is 17.3. The number of para-hydroxylation sites is 4. The molecule has 4 rings (SSSR count). The number of nitrogens with zero attached hydrogens (tertiary/aromatic N) is 2. The molecule has 0 spiro atoms. The lowest BCUT2D eigenvalue weighted by atomic mass is 10.2. The van der Waals surface area contributed by atoms with E-state index in [0.29, 0.717) is 31.3 Å². The molecular formula is C23H27N3O4. The molecule has 0 bridgehead atoms. The van der Waals surface area contributed by atoms with Crippen LogP contribution in [0.5, 0.6) is 11.5 Å². The van der Waals surface area contributed by atoms with Crippen molar-refractivity contribution in [2.75, 3.05) is 20.3 Å². The predicted octanol–water partition coefficient (Wildman–Crippen LogP) is 3.48. The van der Waals surface area contributed by atoms with Crippen molar-refractivity contribution in [2.24, 2.45) is 0 Å². The lowest BCUT2D eigenvalue weighted by molar-refractivity contribution is -0.130. The number of carbonyl (C=O) groups excluding carboxylic acids is 1. The fraction of sp³-hybridized carbons (Fsp3) is 0.391. The molecule has 3 aromatic rings. The first-order chi connectivity index (χ1) is 14.7. The molecule has 1 fully saturated rings. The van der Waals surface area contributed by atoms with Crippen LogP contribution >= 0.6 is 0 Å². The molecule has 2 atom stereocenters. The molecule has 1 aromatic heterocycles. The van der Waals surface area contributed by atoms with Crippen LogP contribution in [0, 0.1) is 0 Å². The Hall–Kier alpha value is -3.06. The summed E-state index contributed by atoms with van der Waals surface area (Å²) in [6.45, 7) is 3.63. The summed E-state index contributed by atoms with van der Waals surface area (Å²) < 4.78 is 18.9. The first-order valence-corrected chi connectivity index (χ1v) is 10.3. The number of imidazole rings is 1. The normalized spacial score (nSPS) is 17.1. The largest absolute Gasteiger partial charge is 0.493 e. The van der Waals surface area contributed by atoms with Crippen molar-refractivity contribution in [3.8, 4) is 11.5 Å². The average Bonchev–Trinajstić information content (AvgIpc) is 3.43. The lowest BCUT2D eigenvalue weighted by Crippen LogP contribution is -2.36. The monoisotopic (exact) mass is 409 g/mol. The van der Waals surface area contributed by atoms with Crippen LogP contribution in [0.1, 0.15) is 31.6 Å². The summed E-state index contributed by atoms with van der Waals surface area (Å²) in [7, 11) is 1.63. The molecule has 1 amide bonds. The molecule has 0 radical (unpaired) electrons. The zero-order valence-electron chi connectivity index (χ0n) is 17.3. The van der Waals surface area contributed by atoms with Gasteiger partial charge in [0.2, 0.25) is 5.91 Å². The number of rotatable bonds is 8. The minimum atomic E-state index is -0.362. The molecule has 7 nitrogen and oxygen atoms in total. The topological polar surface area (TPSA) is 74.6 Å². The minimum Gasteiger partial charge on any atom is -0.493 e. The van der Waals surface area contributed by atoms with Crippen molar-refractivity contribution >= 4 is 16.9 Å². The summed E-state index contributed by atoms with van der Waals surface area (Å²) in [4.78, 5) is 17.3. The van der Waals surface area contributed by atoms with E-state index in [-0.39, 0.29) is 18.1 Å². The Bertz CT molecular complexity index is 1010. The summed E-state index contributed by atoms with van der Waals surface area (Å²) in [6.07, 6.45) is 1.33. The fourth-order valence-electron chi connectivity index (χ4n) is 3.80. The van der Waals surface area contributed by atoms with E-state index in [2.05, 4.69) is 9.88 Å². The highest BCUT2D eigenvalue weighted by molar-refractivity contribution is 5.81. The lowest BCUT2D eigenvalue weighted by Gasteiger charge is -2.18. The van der Waals surface area contributed by atoms with Gasteiger partial charge in [-0.25, -0.2) is 4.98 Å². The van der Waals surface area contributed by atoms with Gasteiger partial charge in [-0.1, -0.05) is 24.3 Å². The number of nitrogens with one attached hydrogen (secondary N) is 1. The summed E-state index contributed by atoms with van der Waals surface area (Å²) >= 11 is 0. The van der Waals surface area contributed by atoms with Crippen LogP contribution in [0.2, 0.25) is 0 Å². The van der Waals surface area contributed by atoms with Crippen molar-refractivity contribution in [3.63, 3.8) is 0 Å². The third-order valence-corrected chi connectivity index (χ3v) is 5.29. The summed E-state index contributed by atoms with van der Waals surface area (Å²) in [5, 5.41) is 3.06. The third-order valence-electron chi connectivity index (χ3n) is 5.29. The van der Waals surface area contributed by atoms with E-state index < -0.39 is 0 Å². The van der Waals surface area contributed by atoms with E-state index in [9.17, 15) is 4.79 Å². The minimum absolute atomic E-state index is 0.0797. The molecule has 158 valence electrons. The Morgan fingerprint density at radius 1 is 1.23 bits per heavy atom. The second kappa shape index (κ2) is 9.17. The maximum absolute atomic E-state index is 12.5. The first kappa shape index (κ1) is 20.2. The maximum atomic E-state index is 12.5. The van der Waals surface area contributed by atoms with Crippen molar-refractivity contribution in [3.05, 3.63) is 54.4 Å². The SMILES string of the molecule is COc1ccccc1OCCn1c(C(C)NC(=O)C2CCCO2)nc2ccccc21. The molecule has 1 N–H and O–H groups in total. The highest BCUT2D eigenvalue weighted by Gasteiger charge is 2.26. The molecule has 0 aliphatic carbocycles. The standard InChI is InChI=1S/C23H27N3O4/c1-16(24-23(27)21-12-7-14-29-21)22-25-17-8-3-4-9-18(17)26(22)13-15-30-20-11-6-5-10-19(20)28-2/h3-6,8-11,16,21H,7,12-15H2,1-2H3,(H,24,27). The quantitative estimate of drug-likeness (QED) is 0.617. The van der Waals surface area contributed by atoms with Gasteiger partial charge < -0.3 is 24.1 Å². The van der Waals surface area contributed by atoms with Gasteiger partial charge >= 0.3 is 0 Å². The summed E-state index contributed by atoms with van der Waals surface area (Å²) in [5.41, 5.74) is 1.90. The van der Waals surface area contributed by atoms with Crippen molar-refractivity contribution < 1.29 is 19.0 Å². The number of benzene rings is 2. The van der Waals surface area contributed by atoms with Crippen LogP contribution in [0.15, 0.2) is 48.5 Å². The number of amides is 1. The Morgan fingerprint density at radius 2 is 2.00 bits per heavy atom. The Labute approximate surface area is 176 Å². The van der Waals surface area contributed by atoms with Crippen molar-refractivity contribution in [1.82, 2.24) is 14.9 Å². The van der Waals surface area contributed by atoms with Gasteiger partial charge in [-0.3, -0.25) is 4.79 Å². The molecule has 0 saturated carbocycles. The van der Waals surface area contributed by atoms with Gasteiger partial charge in [0.05, 0.1) is 30.7 Å². The van der Waals surface area contributed by atoms with Crippen LogP contribution in [0.25, 0.3) is 11.0 Å². The van der Waals surface area contributed by atoms with Crippen molar-refractivity contribution in [2.45, 2.75) is 38.5 Å². The van der Waals surface area contributed by atoms with Crippen LogP contribution in [-0.2, 0) is 16.1 Å². The van der Waals surface area contributed by atoms with Gasteiger partial charge in [0.25, 0.3) is 0 Å². The molecule has 30 heavy (non-hydrogen) atoms. The maximum Gasteiger partial charge on any atom is 0.249 e. The molecule has 1 aliphatic heterocycles. The Kier molecular flexibility index (Phi) is 6.18. The van der Waals surface area contributed by atoms with E-state index in [4.69, 9.17) is 19.2 Å². The first-order valence-electron chi connectivity index (χ1n) is 10.3. The smallest absolute Gasteiger partial charge is 0.249 e. The van der Waals surface area contributed by atoms with E-state index >= 15 is 0 Å².